The van der Waals surface area contributed by atoms with Crippen molar-refractivity contribution in [3.63, 3.8) is 0 Å². The van der Waals surface area contributed by atoms with E-state index >= 15 is 0 Å². The molecule has 0 aliphatic carbocycles. The Balaban J connectivity index is 1.29. The summed E-state index contributed by atoms with van der Waals surface area (Å²) >= 11 is 0. The molecule has 1 aliphatic rings. The lowest BCUT2D eigenvalue weighted by Gasteiger charge is -2.33. The summed E-state index contributed by atoms with van der Waals surface area (Å²) in [4.78, 5) is 11.6. The van der Waals surface area contributed by atoms with Crippen molar-refractivity contribution in [2.45, 2.75) is 32.0 Å². The van der Waals surface area contributed by atoms with E-state index in [0.29, 0.717) is 6.04 Å². The monoisotopic (exact) mass is 418 g/mol. The van der Waals surface area contributed by atoms with Crippen LogP contribution in [0.25, 0.3) is 11.4 Å². The molecule has 0 bridgehead atoms. The Morgan fingerprint density at radius 2 is 1.74 bits per heavy atom. The van der Waals surface area contributed by atoms with E-state index < -0.39 is 0 Å². The Morgan fingerprint density at radius 1 is 0.968 bits per heavy atom. The van der Waals surface area contributed by atoms with Gasteiger partial charge in [0.25, 0.3) is 0 Å². The van der Waals surface area contributed by atoms with Crippen LogP contribution in [-0.2, 0) is 13.1 Å². The molecular formula is C25H30N4O2. The molecule has 1 aliphatic heterocycles. The second-order valence-corrected chi connectivity index (χ2v) is 7.95. The van der Waals surface area contributed by atoms with E-state index in [2.05, 4.69) is 38.4 Å². The zero-order valence-corrected chi connectivity index (χ0v) is 18.3. The highest BCUT2D eigenvalue weighted by Gasteiger charge is 2.19. The third-order valence-corrected chi connectivity index (χ3v) is 5.69. The predicted molar refractivity (Wildman–Crippen MR) is 122 cm³/mol. The van der Waals surface area contributed by atoms with Gasteiger partial charge in [0, 0.05) is 49.2 Å². The van der Waals surface area contributed by atoms with Gasteiger partial charge in [-0.1, -0.05) is 12.1 Å². The number of benzene rings is 2. The summed E-state index contributed by atoms with van der Waals surface area (Å²) in [6.45, 7) is 3.91. The Hall–Kier alpha value is -2.96. The zero-order valence-electron chi connectivity index (χ0n) is 18.3. The lowest BCUT2D eigenvalue weighted by Crippen LogP contribution is -2.45. The molecule has 2 aromatic carbocycles. The molecule has 0 radical (unpaired) electrons. The van der Waals surface area contributed by atoms with Crippen molar-refractivity contribution in [1.82, 2.24) is 20.2 Å². The van der Waals surface area contributed by atoms with Gasteiger partial charge in [-0.15, -0.1) is 0 Å². The van der Waals surface area contributed by atoms with Crippen LogP contribution >= 0.6 is 0 Å². The first kappa shape index (κ1) is 21.3. The number of nitrogens with zero attached hydrogens (tertiary/aromatic N) is 3. The molecule has 1 aromatic heterocycles. The molecule has 0 spiro atoms. The van der Waals surface area contributed by atoms with Crippen LogP contribution in [0.3, 0.4) is 0 Å². The van der Waals surface area contributed by atoms with Crippen LogP contribution in [0, 0.1) is 0 Å². The summed E-state index contributed by atoms with van der Waals surface area (Å²) in [5.74, 6) is 2.48. The first-order chi connectivity index (χ1) is 15.2. The molecule has 0 amide bonds. The lowest BCUT2D eigenvalue weighted by atomic mass is 10.0. The number of piperidine rings is 1. The smallest absolute Gasteiger partial charge is 0.159 e. The average molecular weight is 419 g/mol. The number of hydrogen-bond donors (Lipinski definition) is 1. The van der Waals surface area contributed by atoms with Crippen molar-refractivity contribution in [2.24, 2.45) is 0 Å². The van der Waals surface area contributed by atoms with Gasteiger partial charge in [-0.05, 0) is 61.3 Å². The van der Waals surface area contributed by atoms with E-state index in [1.165, 1.54) is 18.4 Å². The topological polar surface area (TPSA) is 59.5 Å². The quantitative estimate of drug-likeness (QED) is 0.598. The van der Waals surface area contributed by atoms with E-state index in [-0.39, 0.29) is 0 Å². The van der Waals surface area contributed by atoms with Gasteiger partial charge in [0.1, 0.15) is 11.5 Å². The van der Waals surface area contributed by atoms with Gasteiger partial charge in [0.2, 0.25) is 0 Å². The van der Waals surface area contributed by atoms with Gasteiger partial charge in [0.15, 0.2) is 5.82 Å². The van der Waals surface area contributed by atoms with E-state index in [4.69, 9.17) is 9.47 Å². The summed E-state index contributed by atoms with van der Waals surface area (Å²) in [6, 6.07) is 16.6. The molecule has 1 N–H and O–H groups in total. The Kier molecular flexibility index (Phi) is 7.12. The summed E-state index contributed by atoms with van der Waals surface area (Å²) in [7, 11) is 3.38. The highest BCUT2D eigenvalue weighted by Crippen LogP contribution is 2.20. The third kappa shape index (κ3) is 5.81. The van der Waals surface area contributed by atoms with Crippen LogP contribution in [0.15, 0.2) is 60.9 Å². The van der Waals surface area contributed by atoms with Crippen molar-refractivity contribution in [3.8, 4) is 22.9 Å². The maximum atomic E-state index is 5.35. The van der Waals surface area contributed by atoms with Crippen LogP contribution in [0.4, 0.5) is 0 Å². The Bertz CT molecular complexity index is 960. The Labute approximate surface area is 184 Å². The van der Waals surface area contributed by atoms with Crippen LogP contribution in [0.5, 0.6) is 11.5 Å². The third-order valence-electron chi connectivity index (χ3n) is 5.69. The molecular weight excluding hydrogens is 388 g/mol. The fraction of sp³-hybridized carbons (Fsp3) is 0.360. The number of nitrogens with one attached hydrogen (secondary N) is 1. The van der Waals surface area contributed by atoms with Crippen molar-refractivity contribution in [3.05, 3.63) is 72.1 Å². The molecule has 2 heterocycles. The van der Waals surface area contributed by atoms with Crippen LogP contribution in [-0.4, -0.2) is 48.2 Å². The van der Waals surface area contributed by atoms with Gasteiger partial charge < -0.3 is 14.8 Å². The standard InChI is InChI=1S/C25H30N4O2/c1-30-23-10-8-21(9-11-23)25-27-15-20(16-28-25)14-26-22-6-4-12-29(18-22)17-19-5-3-7-24(13-19)31-2/h3,5,7-11,13,15-16,22,26H,4,6,12,14,17-18H2,1-2H3. The lowest BCUT2D eigenvalue weighted by molar-refractivity contribution is 0.182. The maximum Gasteiger partial charge on any atom is 0.159 e. The Morgan fingerprint density at radius 3 is 2.48 bits per heavy atom. The summed E-state index contributed by atoms with van der Waals surface area (Å²) in [5, 5.41) is 3.69. The number of hydrogen-bond acceptors (Lipinski definition) is 6. The zero-order chi connectivity index (χ0) is 21.5. The normalized spacial score (nSPS) is 16.8. The number of rotatable bonds is 8. The molecule has 162 valence electrons. The van der Waals surface area contributed by atoms with Gasteiger partial charge in [-0.2, -0.15) is 0 Å². The minimum atomic E-state index is 0.473. The van der Waals surface area contributed by atoms with E-state index in [1.54, 1.807) is 14.2 Å². The molecule has 1 unspecified atom stereocenters. The minimum Gasteiger partial charge on any atom is -0.497 e. The van der Waals surface area contributed by atoms with Gasteiger partial charge in [-0.25, -0.2) is 9.97 Å². The van der Waals surface area contributed by atoms with E-state index in [1.807, 2.05) is 42.7 Å². The highest BCUT2D eigenvalue weighted by atomic mass is 16.5. The fourth-order valence-corrected chi connectivity index (χ4v) is 3.99. The second-order valence-electron chi connectivity index (χ2n) is 7.95. The molecule has 31 heavy (non-hydrogen) atoms. The molecule has 4 rings (SSSR count). The molecule has 6 nitrogen and oxygen atoms in total. The summed E-state index contributed by atoms with van der Waals surface area (Å²) < 4.78 is 10.6. The molecule has 1 fully saturated rings. The van der Waals surface area contributed by atoms with Crippen molar-refractivity contribution < 1.29 is 9.47 Å². The van der Waals surface area contributed by atoms with E-state index in [0.717, 1.165) is 54.6 Å². The number of aromatic nitrogens is 2. The van der Waals surface area contributed by atoms with Gasteiger partial charge in [-0.3, -0.25) is 4.90 Å². The highest BCUT2D eigenvalue weighted by molar-refractivity contribution is 5.55. The second kappa shape index (κ2) is 10.4. The number of methoxy groups -OCH3 is 2. The first-order valence-corrected chi connectivity index (χ1v) is 10.8. The largest absolute Gasteiger partial charge is 0.497 e. The van der Waals surface area contributed by atoms with Crippen molar-refractivity contribution in [2.75, 3.05) is 27.3 Å². The SMILES string of the molecule is COc1ccc(-c2ncc(CNC3CCCN(Cc4cccc(OC)c4)C3)cn2)cc1. The van der Waals surface area contributed by atoms with Crippen LogP contribution in [0.2, 0.25) is 0 Å². The van der Waals surface area contributed by atoms with Gasteiger partial charge >= 0.3 is 0 Å². The summed E-state index contributed by atoms with van der Waals surface area (Å²) in [6.07, 6.45) is 6.22. The van der Waals surface area contributed by atoms with Crippen molar-refractivity contribution in [1.29, 1.82) is 0 Å². The number of ether oxygens (including phenoxy) is 2. The first-order valence-electron chi connectivity index (χ1n) is 10.8. The molecule has 0 saturated carbocycles. The van der Waals surface area contributed by atoms with Gasteiger partial charge in [0.05, 0.1) is 14.2 Å². The van der Waals surface area contributed by atoms with Crippen LogP contribution in [0.1, 0.15) is 24.0 Å². The predicted octanol–water partition coefficient (Wildman–Crippen LogP) is 3.92. The minimum absolute atomic E-state index is 0.473. The molecule has 3 aromatic rings. The summed E-state index contributed by atoms with van der Waals surface area (Å²) in [5.41, 5.74) is 3.38. The van der Waals surface area contributed by atoms with Crippen molar-refractivity contribution >= 4 is 0 Å². The molecule has 1 saturated heterocycles. The maximum absolute atomic E-state index is 5.35. The fourth-order valence-electron chi connectivity index (χ4n) is 3.99. The van der Waals surface area contributed by atoms with E-state index in [9.17, 15) is 0 Å². The molecule has 6 heteroatoms. The van der Waals surface area contributed by atoms with Crippen LogP contribution < -0.4 is 14.8 Å². The average Bonchev–Trinajstić information content (AvgIpc) is 2.83. The molecule has 1 atom stereocenters. The number of likely N-dealkylation sites (tertiary alicyclic amines) is 1.